The minimum atomic E-state index is -0.237. The van der Waals surface area contributed by atoms with Gasteiger partial charge in [0.05, 0.1) is 6.04 Å². The molecule has 1 aromatic carbocycles. The van der Waals surface area contributed by atoms with Crippen LogP contribution in [-0.4, -0.2) is 26.1 Å². The van der Waals surface area contributed by atoms with Crippen LogP contribution in [0, 0.1) is 0 Å². The lowest BCUT2D eigenvalue weighted by atomic mass is 9.88. The van der Waals surface area contributed by atoms with E-state index in [0.717, 1.165) is 24.8 Å². The molecule has 3 aromatic rings. The van der Waals surface area contributed by atoms with Gasteiger partial charge in [0, 0.05) is 18.0 Å². The first-order chi connectivity index (χ1) is 11.8. The second-order valence-electron chi connectivity index (χ2n) is 5.87. The molecule has 1 amide bonds. The van der Waals surface area contributed by atoms with Gasteiger partial charge in [0.1, 0.15) is 0 Å². The van der Waals surface area contributed by atoms with Crippen LogP contribution in [0.5, 0.6) is 0 Å². The van der Waals surface area contributed by atoms with Crippen LogP contribution in [0.4, 0.5) is 0 Å². The number of fused-ring (bicyclic) bond motifs is 1. The Kier molecular flexibility index (Phi) is 3.78. The van der Waals surface area contributed by atoms with E-state index in [9.17, 15) is 4.79 Å². The van der Waals surface area contributed by atoms with E-state index in [-0.39, 0.29) is 17.8 Å². The van der Waals surface area contributed by atoms with Gasteiger partial charge in [-0.05, 0) is 42.5 Å². The molecule has 0 saturated carbocycles. The summed E-state index contributed by atoms with van der Waals surface area (Å²) < 4.78 is 0. The van der Waals surface area contributed by atoms with Gasteiger partial charge >= 0.3 is 0 Å². The van der Waals surface area contributed by atoms with E-state index >= 15 is 0 Å². The van der Waals surface area contributed by atoms with Crippen molar-refractivity contribution in [2.75, 3.05) is 0 Å². The van der Waals surface area contributed by atoms with E-state index in [1.54, 1.807) is 12.4 Å². The number of H-pyrrole nitrogens is 1. The fourth-order valence-corrected chi connectivity index (χ4v) is 3.12. The number of pyridine rings is 1. The van der Waals surface area contributed by atoms with Crippen molar-refractivity contribution in [3.8, 4) is 11.4 Å². The Labute approximate surface area is 139 Å². The lowest BCUT2D eigenvalue weighted by molar-refractivity contribution is 0.0922. The summed E-state index contributed by atoms with van der Waals surface area (Å²) in [6.07, 6.45) is 6.42. The third-order valence-corrected chi connectivity index (χ3v) is 4.29. The monoisotopic (exact) mass is 319 g/mol. The SMILES string of the molecule is O=C(NC1CCCc2ccccc21)c1nc(-c2cccnc2)n[nH]1. The number of aromatic nitrogens is 4. The average Bonchev–Trinajstić information content (AvgIpc) is 3.13. The van der Waals surface area contributed by atoms with Gasteiger partial charge in [-0.1, -0.05) is 24.3 Å². The minimum absolute atomic E-state index is 0.0226. The van der Waals surface area contributed by atoms with Crippen molar-refractivity contribution < 1.29 is 4.79 Å². The molecule has 0 saturated heterocycles. The van der Waals surface area contributed by atoms with Crippen molar-refractivity contribution in [1.29, 1.82) is 0 Å². The fourth-order valence-electron chi connectivity index (χ4n) is 3.12. The zero-order chi connectivity index (χ0) is 16.4. The van der Waals surface area contributed by atoms with Crippen LogP contribution in [0.15, 0.2) is 48.8 Å². The van der Waals surface area contributed by atoms with E-state index in [2.05, 4.69) is 37.6 Å². The average molecular weight is 319 g/mol. The number of aromatic amines is 1. The van der Waals surface area contributed by atoms with Gasteiger partial charge in [0.2, 0.25) is 5.82 Å². The molecule has 0 aliphatic heterocycles. The summed E-state index contributed by atoms with van der Waals surface area (Å²) in [7, 11) is 0. The molecule has 0 fully saturated rings. The predicted octanol–water partition coefficient (Wildman–Crippen LogP) is 2.67. The number of nitrogens with zero attached hydrogens (tertiary/aromatic N) is 3. The van der Waals surface area contributed by atoms with Gasteiger partial charge in [0.15, 0.2) is 5.82 Å². The minimum Gasteiger partial charge on any atom is -0.343 e. The lowest BCUT2D eigenvalue weighted by Gasteiger charge is -2.25. The quantitative estimate of drug-likeness (QED) is 0.777. The van der Waals surface area contributed by atoms with Crippen molar-refractivity contribution >= 4 is 5.91 Å². The van der Waals surface area contributed by atoms with Crippen molar-refractivity contribution in [1.82, 2.24) is 25.5 Å². The van der Waals surface area contributed by atoms with Gasteiger partial charge in [-0.15, -0.1) is 0 Å². The molecule has 0 bridgehead atoms. The Morgan fingerprint density at radius 2 is 2.12 bits per heavy atom. The molecule has 0 radical (unpaired) electrons. The molecule has 6 heteroatoms. The Balaban J connectivity index is 1.53. The first-order valence-corrected chi connectivity index (χ1v) is 8.03. The number of aryl methyl sites for hydroxylation is 1. The molecule has 2 heterocycles. The number of nitrogens with one attached hydrogen (secondary N) is 2. The second kappa shape index (κ2) is 6.23. The van der Waals surface area contributed by atoms with Crippen LogP contribution in [0.25, 0.3) is 11.4 Å². The molecule has 24 heavy (non-hydrogen) atoms. The number of carbonyl (C=O) groups excluding carboxylic acids is 1. The zero-order valence-corrected chi connectivity index (χ0v) is 13.1. The third-order valence-electron chi connectivity index (χ3n) is 4.29. The van der Waals surface area contributed by atoms with Crippen LogP contribution in [0.1, 0.15) is 40.6 Å². The summed E-state index contributed by atoms with van der Waals surface area (Å²) in [6, 6.07) is 12.0. The maximum Gasteiger partial charge on any atom is 0.289 e. The fraction of sp³-hybridized carbons (Fsp3) is 0.222. The van der Waals surface area contributed by atoms with E-state index in [0.29, 0.717) is 5.82 Å². The smallest absolute Gasteiger partial charge is 0.289 e. The Bertz CT molecular complexity index is 859. The molecule has 1 aliphatic rings. The topological polar surface area (TPSA) is 83.6 Å². The van der Waals surface area contributed by atoms with Crippen LogP contribution in [0.3, 0.4) is 0 Å². The lowest BCUT2D eigenvalue weighted by Crippen LogP contribution is -2.31. The summed E-state index contributed by atoms with van der Waals surface area (Å²) in [6.45, 7) is 0. The van der Waals surface area contributed by atoms with E-state index in [1.807, 2.05) is 24.3 Å². The number of benzene rings is 1. The number of rotatable bonds is 3. The van der Waals surface area contributed by atoms with Gasteiger partial charge < -0.3 is 5.32 Å². The maximum atomic E-state index is 12.5. The molecule has 2 N–H and O–H groups in total. The van der Waals surface area contributed by atoms with Gasteiger partial charge in [0.25, 0.3) is 5.91 Å². The second-order valence-corrected chi connectivity index (χ2v) is 5.87. The van der Waals surface area contributed by atoms with Crippen molar-refractivity contribution in [3.05, 3.63) is 65.7 Å². The van der Waals surface area contributed by atoms with Crippen LogP contribution in [0.2, 0.25) is 0 Å². The normalized spacial score (nSPS) is 16.4. The highest BCUT2D eigenvalue weighted by Gasteiger charge is 2.23. The Morgan fingerprint density at radius 3 is 3.00 bits per heavy atom. The molecule has 4 rings (SSSR count). The largest absolute Gasteiger partial charge is 0.343 e. The maximum absolute atomic E-state index is 12.5. The Hall–Kier alpha value is -3.02. The van der Waals surface area contributed by atoms with Crippen molar-refractivity contribution in [2.24, 2.45) is 0 Å². The molecular weight excluding hydrogens is 302 g/mol. The van der Waals surface area contributed by atoms with E-state index in [4.69, 9.17) is 0 Å². The van der Waals surface area contributed by atoms with E-state index in [1.165, 1.54) is 11.1 Å². The number of carbonyl (C=O) groups is 1. The van der Waals surface area contributed by atoms with Gasteiger partial charge in [-0.25, -0.2) is 4.98 Å². The highest BCUT2D eigenvalue weighted by Crippen LogP contribution is 2.29. The molecule has 120 valence electrons. The van der Waals surface area contributed by atoms with Crippen LogP contribution >= 0.6 is 0 Å². The highest BCUT2D eigenvalue weighted by atomic mass is 16.2. The molecule has 1 unspecified atom stereocenters. The highest BCUT2D eigenvalue weighted by molar-refractivity contribution is 5.91. The standard InChI is InChI=1S/C18H17N5O/c24-18(17-21-16(22-23-17)13-7-4-10-19-11-13)20-15-9-3-6-12-5-1-2-8-14(12)15/h1-2,4-5,7-8,10-11,15H,3,6,9H2,(H,20,24)(H,21,22,23). The number of hydrogen-bond donors (Lipinski definition) is 2. The molecule has 2 aromatic heterocycles. The first-order valence-electron chi connectivity index (χ1n) is 8.03. The molecule has 0 spiro atoms. The summed E-state index contributed by atoms with van der Waals surface area (Å²) in [5.74, 6) is 0.452. The van der Waals surface area contributed by atoms with Gasteiger partial charge in [-0.2, -0.15) is 5.10 Å². The third kappa shape index (κ3) is 2.78. The molecule has 1 atom stereocenters. The summed E-state index contributed by atoms with van der Waals surface area (Å²) in [5.41, 5.74) is 3.28. The molecule has 6 nitrogen and oxygen atoms in total. The van der Waals surface area contributed by atoms with E-state index < -0.39 is 0 Å². The summed E-state index contributed by atoms with van der Waals surface area (Å²) in [4.78, 5) is 20.8. The zero-order valence-electron chi connectivity index (χ0n) is 13.1. The van der Waals surface area contributed by atoms with Crippen LogP contribution < -0.4 is 5.32 Å². The molecule has 1 aliphatic carbocycles. The van der Waals surface area contributed by atoms with Crippen molar-refractivity contribution in [3.63, 3.8) is 0 Å². The van der Waals surface area contributed by atoms with Crippen molar-refractivity contribution in [2.45, 2.75) is 25.3 Å². The predicted molar refractivity (Wildman–Crippen MR) is 89.2 cm³/mol. The molecular formula is C18H17N5O. The number of amides is 1. The van der Waals surface area contributed by atoms with Gasteiger partial charge in [-0.3, -0.25) is 14.9 Å². The van der Waals surface area contributed by atoms with Crippen LogP contribution in [-0.2, 0) is 6.42 Å². The Morgan fingerprint density at radius 1 is 1.21 bits per heavy atom. The first kappa shape index (κ1) is 14.6. The summed E-state index contributed by atoms with van der Waals surface area (Å²) >= 11 is 0. The summed E-state index contributed by atoms with van der Waals surface area (Å²) in [5, 5.41) is 9.89. The number of hydrogen-bond acceptors (Lipinski definition) is 4.